The third-order valence-electron chi connectivity index (χ3n) is 1.93. The van der Waals surface area contributed by atoms with Crippen LogP contribution in [0, 0.1) is 4.91 Å². The Morgan fingerprint density at radius 2 is 2.00 bits per heavy atom. The molecule has 1 atom stereocenters. The number of amides is 1. The highest BCUT2D eigenvalue weighted by Gasteiger charge is 2.20. The molecule has 0 heterocycles. The summed E-state index contributed by atoms with van der Waals surface area (Å²) in [6, 6.07) is 7.10. The van der Waals surface area contributed by atoms with Crippen molar-refractivity contribution in [2.75, 3.05) is 5.75 Å². The molecule has 1 rings (SSSR count). The molecule has 1 aromatic rings. The first-order valence-electron chi connectivity index (χ1n) is 4.68. The van der Waals surface area contributed by atoms with Crippen molar-refractivity contribution in [3.05, 3.63) is 40.8 Å². The van der Waals surface area contributed by atoms with Gasteiger partial charge in [-0.2, -0.15) is 0 Å². The fourth-order valence-corrected chi connectivity index (χ4v) is 1.55. The molecular weight excluding hydrogens is 244 g/mol. The van der Waals surface area contributed by atoms with E-state index in [9.17, 15) is 14.5 Å². The van der Waals surface area contributed by atoms with E-state index in [1.807, 2.05) is 0 Å². The number of rotatable bonds is 6. The summed E-state index contributed by atoms with van der Waals surface area (Å²) in [5.41, 5.74) is 0.364. The number of hydrogen-bond donors (Lipinski definition) is 2. The smallest absolute Gasteiger partial charge is 0.327 e. The Balaban J connectivity index is 2.64. The molecule has 0 saturated heterocycles. The highest BCUT2D eigenvalue weighted by atomic mass is 32.2. The standard InChI is InChI=1S/C10H10N2O4S/c13-9(7-4-2-1-3-5-7)11-8(10(14)15)6-17-12-16/h1-5,8H,6H2,(H,11,13)(H,14,15)/t8-/m1/s1. The fraction of sp³-hybridized carbons (Fsp3) is 0.200. The molecule has 1 aromatic carbocycles. The van der Waals surface area contributed by atoms with Gasteiger partial charge in [0.1, 0.15) is 6.04 Å². The number of nitroso groups, excluding NO2 is 1. The molecule has 1 amide bonds. The summed E-state index contributed by atoms with van der Waals surface area (Å²) in [6.07, 6.45) is 0. The van der Waals surface area contributed by atoms with E-state index >= 15 is 0 Å². The SMILES string of the molecule is O=NSC[C@@H](NC(=O)c1ccccc1)C(=O)O. The van der Waals surface area contributed by atoms with Crippen LogP contribution in [0.3, 0.4) is 0 Å². The minimum absolute atomic E-state index is 0.0998. The van der Waals surface area contributed by atoms with Crippen LogP contribution in [0.2, 0.25) is 0 Å². The van der Waals surface area contributed by atoms with Crippen LogP contribution < -0.4 is 5.32 Å². The van der Waals surface area contributed by atoms with E-state index in [0.717, 1.165) is 0 Å². The van der Waals surface area contributed by atoms with Crippen LogP contribution in [0.1, 0.15) is 10.4 Å². The molecular formula is C10H10N2O4S. The highest BCUT2D eigenvalue weighted by molar-refractivity contribution is 7.97. The maximum Gasteiger partial charge on any atom is 0.327 e. The van der Waals surface area contributed by atoms with Crippen molar-refractivity contribution in [3.8, 4) is 0 Å². The molecule has 7 heteroatoms. The Morgan fingerprint density at radius 1 is 1.35 bits per heavy atom. The molecule has 0 aliphatic rings. The molecule has 0 saturated carbocycles. The molecule has 0 spiro atoms. The molecule has 2 N–H and O–H groups in total. The van der Waals surface area contributed by atoms with Crippen LogP contribution >= 0.6 is 11.9 Å². The minimum Gasteiger partial charge on any atom is -0.480 e. The van der Waals surface area contributed by atoms with Gasteiger partial charge in [0.15, 0.2) is 0 Å². The predicted molar refractivity (Wildman–Crippen MR) is 63.6 cm³/mol. The van der Waals surface area contributed by atoms with Gasteiger partial charge in [-0.15, -0.1) is 4.91 Å². The number of hydrogen-bond acceptors (Lipinski definition) is 5. The lowest BCUT2D eigenvalue weighted by atomic mass is 10.2. The number of benzene rings is 1. The molecule has 0 bridgehead atoms. The molecule has 90 valence electrons. The van der Waals surface area contributed by atoms with Crippen molar-refractivity contribution < 1.29 is 14.7 Å². The molecule has 0 aliphatic heterocycles. The lowest BCUT2D eigenvalue weighted by Gasteiger charge is -2.12. The largest absolute Gasteiger partial charge is 0.480 e. The monoisotopic (exact) mass is 254 g/mol. The van der Waals surface area contributed by atoms with Crippen LogP contribution in [0.5, 0.6) is 0 Å². The summed E-state index contributed by atoms with van der Waals surface area (Å²) >= 11 is 0.556. The summed E-state index contributed by atoms with van der Waals surface area (Å²) < 4.78 is 2.49. The molecule has 17 heavy (non-hydrogen) atoms. The number of nitrogens with one attached hydrogen (secondary N) is 1. The molecule has 6 nitrogen and oxygen atoms in total. The number of carboxylic acids is 1. The summed E-state index contributed by atoms with van der Waals surface area (Å²) in [6.45, 7) is 0. The second-order valence-electron chi connectivity index (χ2n) is 3.10. The second kappa shape index (κ2) is 6.64. The number of aliphatic carboxylic acids is 1. The maximum atomic E-state index is 11.6. The first-order valence-corrected chi connectivity index (χ1v) is 5.62. The summed E-state index contributed by atoms with van der Waals surface area (Å²) in [5.74, 6) is -1.80. The van der Waals surface area contributed by atoms with Gasteiger partial charge >= 0.3 is 5.97 Å². The van der Waals surface area contributed by atoms with E-state index in [-0.39, 0.29) is 5.75 Å². The maximum absolute atomic E-state index is 11.6. The Labute approximate surface area is 102 Å². The summed E-state index contributed by atoms with van der Waals surface area (Å²) in [4.78, 5) is 32.3. The quantitative estimate of drug-likeness (QED) is 0.589. The minimum atomic E-state index is -1.20. The van der Waals surface area contributed by atoms with Crippen molar-refractivity contribution >= 4 is 23.8 Å². The number of carbonyl (C=O) groups is 2. The summed E-state index contributed by atoms with van der Waals surface area (Å²) in [5, 5.41) is 11.1. The van der Waals surface area contributed by atoms with Gasteiger partial charge in [0.25, 0.3) is 5.91 Å². The van der Waals surface area contributed by atoms with Gasteiger partial charge in [0.05, 0.1) is 0 Å². The average Bonchev–Trinajstić information content (AvgIpc) is 2.35. The third-order valence-corrected chi connectivity index (χ3v) is 2.52. The molecule has 0 aromatic heterocycles. The van der Waals surface area contributed by atoms with Gasteiger partial charge in [0, 0.05) is 27.8 Å². The van der Waals surface area contributed by atoms with Gasteiger partial charge in [-0.1, -0.05) is 18.2 Å². The van der Waals surface area contributed by atoms with Gasteiger partial charge < -0.3 is 10.4 Å². The van der Waals surface area contributed by atoms with Crippen molar-refractivity contribution in [3.63, 3.8) is 0 Å². The first kappa shape index (κ1) is 13.2. The zero-order chi connectivity index (χ0) is 12.7. The van der Waals surface area contributed by atoms with E-state index < -0.39 is 17.9 Å². The van der Waals surface area contributed by atoms with Crippen LogP contribution in [0.4, 0.5) is 0 Å². The van der Waals surface area contributed by atoms with E-state index in [0.29, 0.717) is 17.5 Å². The third kappa shape index (κ3) is 4.23. The van der Waals surface area contributed by atoms with Crippen LogP contribution in [0.15, 0.2) is 34.9 Å². The van der Waals surface area contributed by atoms with Crippen molar-refractivity contribution in [2.45, 2.75) is 6.04 Å². The number of nitrogens with zero attached hydrogens (tertiary/aromatic N) is 1. The molecule has 0 aliphatic carbocycles. The Kier molecular flexibility index (Phi) is 5.15. The normalized spacial score (nSPS) is 11.5. The van der Waals surface area contributed by atoms with Crippen LogP contribution in [-0.2, 0) is 4.79 Å². The molecule has 0 radical (unpaired) electrons. The average molecular weight is 254 g/mol. The van der Waals surface area contributed by atoms with Gasteiger partial charge in [-0.3, -0.25) is 4.79 Å². The van der Waals surface area contributed by atoms with Crippen molar-refractivity contribution in [2.24, 2.45) is 4.58 Å². The zero-order valence-corrected chi connectivity index (χ0v) is 9.52. The van der Waals surface area contributed by atoms with Crippen LogP contribution in [0.25, 0.3) is 0 Å². The molecule has 0 fully saturated rings. The lowest BCUT2D eigenvalue weighted by molar-refractivity contribution is -0.138. The van der Waals surface area contributed by atoms with E-state index in [1.54, 1.807) is 30.3 Å². The second-order valence-corrected chi connectivity index (χ2v) is 3.84. The Morgan fingerprint density at radius 3 is 2.53 bits per heavy atom. The van der Waals surface area contributed by atoms with E-state index in [4.69, 9.17) is 5.11 Å². The molecule has 0 unspecified atom stereocenters. The predicted octanol–water partition coefficient (Wildman–Crippen LogP) is 1.28. The van der Waals surface area contributed by atoms with E-state index in [2.05, 4.69) is 9.90 Å². The van der Waals surface area contributed by atoms with E-state index in [1.165, 1.54) is 0 Å². The first-order chi connectivity index (χ1) is 8.15. The summed E-state index contributed by atoms with van der Waals surface area (Å²) in [7, 11) is 0. The zero-order valence-electron chi connectivity index (χ0n) is 8.70. The Hall–Kier alpha value is -1.89. The van der Waals surface area contributed by atoms with Gasteiger partial charge in [-0.05, 0) is 12.1 Å². The Bertz CT molecular complexity index is 410. The number of carboxylic acid groups (broad SMARTS) is 1. The van der Waals surface area contributed by atoms with Crippen LogP contribution in [-0.4, -0.2) is 28.8 Å². The topological polar surface area (TPSA) is 95.8 Å². The van der Waals surface area contributed by atoms with Crippen molar-refractivity contribution in [1.82, 2.24) is 5.32 Å². The van der Waals surface area contributed by atoms with Crippen molar-refractivity contribution in [1.29, 1.82) is 0 Å². The number of carbonyl (C=O) groups excluding carboxylic acids is 1. The van der Waals surface area contributed by atoms with Gasteiger partial charge in [-0.25, -0.2) is 4.79 Å². The highest BCUT2D eigenvalue weighted by Crippen LogP contribution is 2.05. The van der Waals surface area contributed by atoms with Gasteiger partial charge in [0.2, 0.25) is 0 Å². The lowest BCUT2D eigenvalue weighted by Crippen LogP contribution is -2.42. The fourth-order valence-electron chi connectivity index (χ4n) is 1.11.